The van der Waals surface area contributed by atoms with E-state index in [1.165, 1.54) is 108 Å². The maximum atomic E-state index is 12.7. The molecule has 186 valence electrons. The number of rotatable bonds is 13. The predicted molar refractivity (Wildman–Crippen MR) is 140 cm³/mol. The van der Waals surface area contributed by atoms with Crippen LogP contribution in [0.5, 0.6) is 0 Å². The highest BCUT2D eigenvalue weighted by molar-refractivity contribution is 5.89. The van der Waals surface area contributed by atoms with Crippen LogP contribution in [0.1, 0.15) is 151 Å². The van der Waals surface area contributed by atoms with Gasteiger partial charge in [0, 0.05) is 0 Å². The van der Waals surface area contributed by atoms with Gasteiger partial charge in [-0.25, -0.2) is 4.79 Å². The smallest absolute Gasteiger partial charge is 0.338 e. The Bertz CT molecular complexity index is 648. The number of carbonyl (C=O) groups is 1. The lowest BCUT2D eigenvalue weighted by Crippen LogP contribution is -2.24. The zero-order valence-corrected chi connectivity index (χ0v) is 21.7. The summed E-state index contributed by atoms with van der Waals surface area (Å²) in [5, 5.41) is 0. The molecule has 3 rings (SSSR count). The Morgan fingerprint density at radius 1 is 0.697 bits per heavy atom. The molecule has 2 aliphatic rings. The molecule has 0 saturated heterocycles. The molecule has 1 aromatic carbocycles. The first kappa shape index (κ1) is 26.3. The van der Waals surface area contributed by atoms with Crippen molar-refractivity contribution in [3.8, 4) is 0 Å². The van der Waals surface area contributed by atoms with E-state index < -0.39 is 0 Å². The van der Waals surface area contributed by atoms with Crippen molar-refractivity contribution >= 4 is 5.97 Å². The van der Waals surface area contributed by atoms with E-state index in [4.69, 9.17) is 4.74 Å². The van der Waals surface area contributed by atoms with Gasteiger partial charge in [-0.15, -0.1) is 0 Å². The van der Waals surface area contributed by atoms with E-state index in [1.54, 1.807) is 0 Å². The maximum absolute atomic E-state index is 12.7. The molecule has 0 unspecified atom stereocenters. The topological polar surface area (TPSA) is 26.3 Å². The molecular weight excluding hydrogens is 404 g/mol. The number of benzene rings is 1. The van der Waals surface area contributed by atoms with E-state index in [0.29, 0.717) is 5.92 Å². The average molecular weight is 455 g/mol. The predicted octanol–water partition coefficient (Wildman–Crippen LogP) is 9.62. The van der Waals surface area contributed by atoms with Crippen LogP contribution in [0.15, 0.2) is 24.3 Å². The summed E-state index contributed by atoms with van der Waals surface area (Å²) in [5.74, 6) is 2.35. The lowest BCUT2D eigenvalue weighted by Gasteiger charge is -2.29. The summed E-state index contributed by atoms with van der Waals surface area (Å²) in [6.07, 6.45) is 23.8. The summed E-state index contributed by atoms with van der Waals surface area (Å²) in [6, 6.07) is 8.40. The van der Waals surface area contributed by atoms with Gasteiger partial charge in [0.25, 0.3) is 0 Å². The van der Waals surface area contributed by atoms with Crippen molar-refractivity contribution in [1.82, 2.24) is 0 Å². The number of ether oxygens (including phenoxy) is 1. The van der Waals surface area contributed by atoms with Gasteiger partial charge < -0.3 is 4.74 Å². The van der Waals surface area contributed by atoms with Crippen LogP contribution in [0.2, 0.25) is 0 Å². The van der Waals surface area contributed by atoms with Gasteiger partial charge in [0.2, 0.25) is 0 Å². The van der Waals surface area contributed by atoms with Crippen LogP contribution in [0.4, 0.5) is 0 Å². The molecule has 2 saturated carbocycles. The Morgan fingerprint density at radius 3 is 1.73 bits per heavy atom. The fourth-order valence-corrected chi connectivity index (χ4v) is 6.15. The highest BCUT2D eigenvalue weighted by atomic mass is 16.5. The van der Waals surface area contributed by atoms with Crippen molar-refractivity contribution in [2.24, 2.45) is 11.8 Å². The molecule has 1 aromatic rings. The molecule has 0 amide bonds. The van der Waals surface area contributed by atoms with Crippen molar-refractivity contribution in [2.75, 3.05) is 0 Å². The van der Waals surface area contributed by atoms with Crippen molar-refractivity contribution < 1.29 is 9.53 Å². The number of hydrogen-bond donors (Lipinski definition) is 0. The molecule has 0 heterocycles. The summed E-state index contributed by atoms with van der Waals surface area (Å²) in [5.41, 5.74) is 2.14. The minimum atomic E-state index is -0.122. The van der Waals surface area contributed by atoms with Crippen LogP contribution in [0.3, 0.4) is 0 Å². The zero-order valence-electron chi connectivity index (χ0n) is 21.7. The van der Waals surface area contributed by atoms with E-state index in [0.717, 1.165) is 30.2 Å². The molecule has 0 N–H and O–H groups in total. The molecule has 2 heteroatoms. The van der Waals surface area contributed by atoms with Gasteiger partial charge in [-0.3, -0.25) is 0 Å². The summed E-state index contributed by atoms with van der Waals surface area (Å²) < 4.78 is 5.88. The molecule has 33 heavy (non-hydrogen) atoms. The highest BCUT2D eigenvalue weighted by Gasteiger charge is 2.25. The van der Waals surface area contributed by atoms with E-state index in [9.17, 15) is 4.79 Å². The maximum Gasteiger partial charge on any atom is 0.338 e. The second-order valence-corrected chi connectivity index (χ2v) is 11.1. The SMILES string of the molecule is CCCCCCC1CCC(OC(=O)c2ccc(C3CCC(CCCCCC)CC3)cc2)CC1. The summed E-state index contributed by atoms with van der Waals surface area (Å²) in [6.45, 7) is 4.56. The van der Waals surface area contributed by atoms with Crippen LogP contribution in [0, 0.1) is 11.8 Å². The third-order valence-electron chi connectivity index (χ3n) is 8.46. The van der Waals surface area contributed by atoms with Gasteiger partial charge in [-0.05, 0) is 86.8 Å². The first-order valence-electron chi connectivity index (χ1n) is 14.5. The summed E-state index contributed by atoms with van der Waals surface area (Å²) >= 11 is 0. The van der Waals surface area contributed by atoms with Gasteiger partial charge in [0.1, 0.15) is 6.10 Å². The molecule has 2 aliphatic carbocycles. The highest BCUT2D eigenvalue weighted by Crippen LogP contribution is 2.38. The monoisotopic (exact) mass is 454 g/mol. The van der Waals surface area contributed by atoms with Crippen molar-refractivity contribution in [3.63, 3.8) is 0 Å². The van der Waals surface area contributed by atoms with Gasteiger partial charge in [0.05, 0.1) is 5.56 Å². The fourth-order valence-electron chi connectivity index (χ4n) is 6.15. The van der Waals surface area contributed by atoms with Gasteiger partial charge in [-0.2, -0.15) is 0 Å². The van der Waals surface area contributed by atoms with Gasteiger partial charge in [-0.1, -0.05) is 90.2 Å². The Morgan fingerprint density at radius 2 is 1.21 bits per heavy atom. The number of hydrogen-bond acceptors (Lipinski definition) is 2. The second kappa shape index (κ2) is 14.8. The quantitative estimate of drug-likeness (QED) is 0.219. The Hall–Kier alpha value is -1.31. The van der Waals surface area contributed by atoms with Gasteiger partial charge in [0.15, 0.2) is 0 Å². The van der Waals surface area contributed by atoms with E-state index in [2.05, 4.69) is 26.0 Å². The number of carbonyl (C=O) groups excluding carboxylic acids is 1. The molecule has 0 aliphatic heterocycles. The lowest BCUT2D eigenvalue weighted by atomic mass is 9.77. The van der Waals surface area contributed by atoms with Crippen LogP contribution < -0.4 is 0 Å². The molecule has 0 atom stereocenters. The Balaban J connectivity index is 1.35. The van der Waals surface area contributed by atoms with E-state index in [-0.39, 0.29) is 12.1 Å². The number of esters is 1. The third kappa shape index (κ3) is 9.10. The molecule has 0 bridgehead atoms. The second-order valence-electron chi connectivity index (χ2n) is 11.1. The van der Waals surface area contributed by atoms with Crippen LogP contribution in [-0.4, -0.2) is 12.1 Å². The first-order chi connectivity index (χ1) is 16.2. The largest absolute Gasteiger partial charge is 0.459 e. The van der Waals surface area contributed by atoms with Crippen LogP contribution in [0.25, 0.3) is 0 Å². The third-order valence-corrected chi connectivity index (χ3v) is 8.46. The molecule has 2 nitrogen and oxygen atoms in total. The molecule has 0 radical (unpaired) electrons. The van der Waals surface area contributed by atoms with Gasteiger partial charge >= 0.3 is 5.97 Å². The summed E-state index contributed by atoms with van der Waals surface area (Å²) in [7, 11) is 0. The molecular formula is C31H50O2. The molecule has 2 fully saturated rings. The first-order valence-corrected chi connectivity index (χ1v) is 14.5. The van der Waals surface area contributed by atoms with E-state index >= 15 is 0 Å². The molecule has 0 aromatic heterocycles. The van der Waals surface area contributed by atoms with Crippen LogP contribution >= 0.6 is 0 Å². The standard InChI is InChI=1S/C31H50O2/c1-3-5-7-9-11-25-13-17-27(18-14-25)28-19-21-29(22-20-28)31(32)33-30-23-15-26(16-24-30)12-10-8-6-4-2/h19-22,25-27,30H,3-18,23-24H2,1-2H3. The number of unbranched alkanes of at least 4 members (excludes halogenated alkanes) is 6. The van der Waals surface area contributed by atoms with Crippen molar-refractivity contribution in [2.45, 2.75) is 141 Å². The van der Waals surface area contributed by atoms with Crippen molar-refractivity contribution in [3.05, 3.63) is 35.4 Å². The minimum Gasteiger partial charge on any atom is -0.459 e. The molecule has 0 spiro atoms. The van der Waals surface area contributed by atoms with Crippen molar-refractivity contribution in [1.29, 1.82) is 0 Å². The minimum absolute atomic E-state index is 0.122. The average Bonchev–Trinajstić information content (AvgIpc) is 2.86. The van der Waals surface area contributed by atoms with Crippen LogP contribution in [-0.2, 0) is 4.74 Å². The summed E-state index contributed by atoms with van der Waals surface area (Å²) in [4.78, 5) is 12.7. The Labute approximate surface area is 204 Å². The Kier molecular flexibility index (Phi) is 11.8. The normalized spacial score (nSPS) is 25.6. The lowest BCUT2D eigenvalue weighted by molar-refractivity contribution is 0.0161. The zero-order chi connectivity index (χ0) is 23.3. The van der Waals surface area contributed by atoms with E-state index in [1.807, 2.05) is 12.1 Å². The fraction of sp³-hybridized carbons (Fsp3) is 0.774.